The van der Waals surface area contributed by atoms with Gasteiger partial charge in [-0.2, -0.15) is 0 Å². The van der Waals surface area contributed by atoms with E-state index in [0.29, 0.717) is 16.8 Å². The molecule has 0 saturated carbocycles. The zero-order chi connectivity index (χ0) is 16.9. The van der Waals surface area contributed by atoms with E-state index < -0.39 is 10.0 Å². The van der Waals surface area contributed by atoms with Gasteiger partial charge in [0, 0.05) is 16.3 Å². The first-order valence-corrected chi connectivity index (χ1v) is 8.81. The van der Waals surface area contributed by atoms with Crippen LogP contribution in [0.4, 0.5) is 5.88 Å². The third kappa shape index (κ3) is 2.25. The Balaban J connectivity index is 1.82. The first-order valence-electron chi connectivity index (χ1n) is 7.33. The molecule has 24 heavy (non-hydrogen) atoms. The van der Waals surface area contributed by atoms with Gasteiger partial charge in [-0.05, 0) is 38.1 Å². The molecule has 2 heterocycles. The van der Waals surface area contributed by atoms with Gasteiger partial charge in [-0.1, -0.05) is 23.4 Å². The van der Waals surface area contributed by atoms with Crippen molar-refractivity contribution in [2.45, 2.75) is 18.7 Å². The summed E-state index contributed by atoms with van der Waals surface area (Å²) in [7, 11) is -3.79. The normalized spacial score (nSPS) is 12.1. The predicted octanol–water partition coefficient (Wildman–Crippen LogP) is 3.99. The highest BCUT2D eigenvalue weighted by atomic mass is 32.2. The van der Waals surface area contributed by atoms with E-state index in [1.807, 2.05) is 24.3 Å². The number of anilines is 1. The number of hydrogen-bond acceptors (Lipinski definition) is 5. The molecule has 6 nitrogen and oxygen atoms in total. The summed E-state index contributed by atoms with van der Waals surface area (Å²) in [4.78, 5) is 0.134. The molecule has 2 aromatic carbocycles. The van der Waals surface area contributed by atoms with Gasteiger partial charge in [-0.3, -0.25) is 0 Å². The van der Waals surface area contributed by atoms with E-state index in [0.717, 1.165) is 16.4 Å². The Hall–Kier alpha value is -2.80. The van der Waals surface area contributed by atoms with Crippen molar-refractivity contribution >= 4 is 37.8 Å². The Morgan fingerprint density at radius 3 is 2.50 bits per heavy atom. The summed E-state index contributed by atoms with van der Waals surface area (Å²) in [5, 5.41) is 5.38. The number of fused-ring (bicyclic) bond motifs is 3. The lowest BCUT2D eigenvalue weighted by molar-refractivity contribution is 0.430. The van der Waals surface area contributed by atoms with Gasteiger partial charge in [0.25, 0.3) is 10.0 Å². The fourth-order valence-electron chi connectivity index (χ4n) is 2.56. The van der Waals surface area contributed by atoms with Crippen LogP contribution >= 0.6 is 0 Å². The van der Waals surface area contributed by atoms with Crippen molar-refractivity contribution in [1.29, 1.82) is 0 Å². The van der Waals surface area contributed by atoms with Crippen LogP contribution in [-0.4, -0.2) is 13.6 Å². The predicted molar refractivity (Wildman–Crippen MR) is 90.5 cm³/mol. The number of aromatic nitrogens is 1. The van der Waals surface area contributed by atoms with E-state index in [1.165, 1.54) is 6.07 Å². The quantitative estimate of drug-likeness (QED) is 0.608. The van der Waals surface area contributed by atoms with E-state index in [1.54, 1.807) is 26.0 Å². The highest BCUT2D eigenvalue weighted by Crippen LogP contribution is 2.31. The molecule has 7 heteroatoms. The smallest absolute Gasteiger partial charge is 0.264 e. The maximum Gasteiger partial charge on any atom is 0.264 e. The molecule has 0 fully saturated rings. The van der Waals surface area contributed by atoms with Crippen molar-refractivity contribution in [3.8, 4) is 0 Å². The van der Waals surface area contributed by atoms with Crippen LogP contribution in [0, 0.1) is 13.8 Å². The van der Waals surface area contributed by atoms with E-state index in [-0.39, 0.29) is 10.8 Å². The van der Waals surface area contributed by atoms with Gasteiger partial charge in [0.2, 0.25) is 5.88 Å². The molecule has 0 unspecified atom stereocenters. The monoisotopic (exact) mass is 342 g/mol. The minimum absolute atomic E-state index is 0.129. The van der Waals surface area contributed by atoms with Crippen LogP contribution in [0.25, 0.3) is 21.9 Å². The Bertz CT molecular complexity index is 1170. The summed E-state index contributed by atoms with van der Waals surface area (Å²) in [6, 6.07) is 12.3. The number of furan rings is 1. The Morgan fingerprint density at radius 1 is 1.00 bits per heavy atom. The molecule has 4 aromatic rings. The number of benzene rings is 2. The molecule has 0 saturated heterocycles. The Kier molecular flexibility index (Phi) is 3.14. The van der Waals surface area contributed by atoms with E-state index in [9.17, 15) is 8.42 Å². The molecule has 0 aliphatic rings. The van der Waals surface area contributed by atoms with Crippen LogP contribution in [0.5, 0.6) is 0 Å². The maximum absolute atomic E-state index is 12.6. The summed E-state index contributed by atoms with van der Waals surface area (Å²) in [6.07, 6.45) is 0. The molecule has 1 N–H and O–H groups in total. The van der Waals surface area contributed by atoms with E-state index >= 15 is 0 Å². The number of hydrogen-bond donors (Lipinski definition) is 1. The van der Waals surface area contributed by atoms with Gasteiger partial charge in [0.1, 0.15) is 11.2 Å². The molecule has 0 aliphatic heterocycles. The first kappa shape index (κ1) is 14.8. The minimum Gasteiger partial charge on any atom is -0.456 e. The van der Waals surface area contributed by atoms with Crippen molar-refractivity contribution in [2.75, 3.05) is 4.72 Å². The lowest BCUT2D eigenvalue weighted by Gasteiger charge is -2.05. The largest absolute Gasteiger partial charge is 0.456 e. The molecule has 0 bridgehead atoms. The lowest BCUT2D eigenvalue weighted by Crippen LogP contribution is -2.13. The van der Waals surface area contributed by atoms with Crippen LogP contribution in [0.15, 0.2) is 56.3 Å². The second kappa shape index (κ2) is 5.10. The molecule has 2 aromatic heterocycles. The van der Waals surface area contributed by atoms with Crippen molar-refractivity contribution in [3.05, 3.63) is 53.7 Å². The standard InChI is InChI=1S/C17H14N2O4S/c1-10-11(2)18-23-17(10)19-24(20,21)12-7-8-16-14(9-12)13-5-3-4-6-15(13)22-16/h3-9,19H,1-2H3. The average molecular weight is 342 g/mol. The second-order valence-electron chi connectivity index (χ2n) is 5.58. The number of rotatable bonds is 3. The lowest BCUT2D eigenvalue weighted by atomic mass is 10.1. The van der Waals surface area contributed by atoms with Crippen molar-refractivity contribution in [3.63, 3.8) is 0 Å². The first-order chi connectivity index (χ1) is 11.5. The van der Waals surface area contributed by atoms with Gasteiger partial charge >= 0.3 is 0 Å². The average Bonchev–Trinajstić information content (AvgIpc) is 3.09. The molecule has 0 spiro atoms. The number of sulfonamides is 1. The zero-order valence-corrected chi connectivity index (χ0v) is 13.8. The minimum atomic E-state index is -3.79. The summed E-state index contributed by atoms with van der Waals surface area (Å²) in [6.45, 7) is 3.50. The third-order valence-corrected chi connectivity index (χ3v) is 5.37. The number of para-hydroxylation sites is 1. The molecular formula is C17H14N2O4S. The number of nitrogens with zero attached hydrogens (tertiary/aromatic N) is 1. The molecule has 0 atom stereocenters. The zero-order valence-electron chi connectivity index (χ0n) is 13.0. The summed E-state index contributed by atoms with van der Waals surface area (Å²) in [5.41, 5.74) is 2.66. The summed E-state index contributed by atoms with van der Waals surface area (Å²) in [5.74, 6) is 0.129. The number of nitrogens with one attached hydrogen (secondary N) is 1. The molecule has 0 radical (unpaired) electrons. The molecular weight excluding hydrogens is 328 g/mol. The molecule has 122 valence electrons. The SMILES string of the molecule is Cc1noc(NS(=O)(=O)c2ccc3oc4ccccc4c3c2)c1C. The molecule has 4 rings (SSSR count). The highest BCUT2D eigenvalue weighted by Gasteiger charge is 2.20. The third-order valence-electron chi connectivity index (χ3n) is 4.04. The van der Waals surface area contributed by atoms with Crippen molar-refractivity contribution < 1.29 is 17.4 Å². The van der Waals surface area contributed by atoms with Gasteiger partial charge in [-0.15, -0.1) is 0 Å². The van der Waals surface area contributed by atoms with Crippen LogP contribution in [-0.2, 0) is 10.0 Å². The Labute approximate surface area is 138 Å². The number of aryl methyl sites for hydroxylation is 1. The van der Waals surface area contributed by atoms with E-state index in [4.69, 9.17) is 8.94 Å². The topological polar surface area (TPSA) is 85.3 Å². The van der Waals surface area contributed by atoms with Crippen molar-refractivity contribution in [2.24, 2.45) is 0 Å². The van der Waals surface area contributed by atoms with Crippen LogP contribution < -0.4 is 4.72 Å². The molecule has 0 amide bonds. The van der Waals surface area contributed by atoms with Crippen LogP contribution in [0.2, 0.25) is 0 Å². The van der Waals surface area contributed by atoms with Gasteiger partial charge < -0.3 is 8.94 Å². The van der Waals surface area contributed by atoms with Gasteiger partial charge in [0.05, 0.1) is 10.6 Å². The summed E-state index contributed by atoms with van der Waals surface area (Å²) < 4.78 is 38.5. The maximum atomic E-state index is 12.6. The highest BCUT2D eigenvalue weighted by molar-refractivity contribution is 7.92. The molecule has 0 aliphatic carbocycles. The van der Waals surface area contributed by atoms with Gasteiger partial charge in [-0.25, -0.2) is 13.1 Å². The Morgan fingerprint density at radius 2 is 1.75 bits per heavy atom. The fourth-order valence-corrected chi connectivity index (χ4v) is 3.64. The van der Waals surface area contributed by atoms with Crippen LogP contribution in [0.1, 0.15) is 11.3 Å². The van der Waals surface area contributed by atoms with Crippen molar-refractivity contribution in [1.82, 2.24) is 5.16 Å². The van der Waals surface area contributed by atoms with Gasteiger partial charge in [0.15, 0.2) is 0 Å². The fraction of sp³-hybridized carbons (Fsp3) is 0.118. The summed E-state index contributed by atoms with van der Waals surface area (Å²) >= 11 is 0. The second-order valence-corrected chi connectivity index (χ2v) is 7.27. The van der Waals surface area contributed by atoms with Crippen LogP contribution in [0.3, 0.4) is 0 Å². The van der Waals surface area contributed by atoms with E-state index in [2.05, 4.69) is 9.88 Å².